The first-order chi connectivity index (χ1) is 7.22. The second kappa shape index (κ2) is 3.01. The molecule has 0 radical (unpaired) electrons. The highest BCUT2D eigenvalue weighted by Crippen LogP contribution is 2.50. The van der Waals surface area contributed by atoms with E-state index in [1.54, 1.807) is 6.07 Å². The van der Waals surface area contributed by atoms with Crippen LogP contribution < -0.4 is 0 Å². The Bertz CT molecular complexity index is 373. The normalized spacial score (nSPS) is 24.6. The van der Waals surface area contributed by atoms with Crippen molar-refractivity contribution in [2.75, 3.05) is 13.1 Å². The molecule has 0 amide bonds. The van der Waals surface area contributed by atoms with Crippen LogP contribution in [0, 0.1) is 6.92 Å². The zero-order chi connectivity index (χ0) is 10.5. The molecule has 0 atom stereocenters. The van der Waals surface area contributed by atoms with E-state index in [4.69, 9.17) is 4.42 Å². The molecule has 1 N–H and O–H groups in total. The lowest BCUT2D eigenvalue weighted by Crippen LogP contribution is -2.34. The van der Waals surface area contributed by atoms with Gasteiger partial charge in [-0.05, 0) is 45.7 Å². The summed E-state index contributed by atoms with van der Waals surface area (Å²) in [5, 5.41) is 9.91. The molecule has 0 unspecified atom stereocenters. The Morgan fingerprint density at radius 1 is 1.33 bits per heavy atom. The number of hydrogen-bond acceptors (Lipinski definition) is 3. The van der Waals surface area contributed by atoms with Crippen molar-refractivity contribution in [1.82, 2.24) is 4.90 Å². The van der Waals surface area contributed by atoms with Crippen molar-refractivity contribution >= 4 is 0 Å². The molecule has 3 nitrogen and oxygen atoms in total. The highest BCUT2D eigenvalue weighted by Gasteiger charge is 2.49. The minimum Gasteiger partial charge on any atom is -0.504 e. The van der Waals surface area contributed by atoms with Gasteiger partial charge < -0.3 is 9.52 Å². The third-order valence-electron chi connectivity index (χ3n) is 3.90. The first kappa shape index (κ1) is 9.28. The largest absolute Gasteiger partial charge is 0.504 e. The maximum atomic E-state index is 9.91. The molecule has 3 heteroatoms. The van der Waals surface area contributed by atoms with Crippen molar-refractivity contribution in [3.63, 3.8) is 0 Å². The first-order valence-electron chi connectivity index (χ1n) is 5.77. The molecule has 3 rings (SSSR count). The quantitative estimate of drug-likeness (QED) is 0.768. The van der Waals surface area contributed by atoms with E-state index in [1.807, 2.05) is 6.92 Å². The summed E-state index contributed by atoms with van der Waals surface area (Å²) in [5.74, 6) is 1.98. The molecule has 3 heterocycles. The van der Waals surface area contributed by atoms with Crippen molar-refractivity contribution < 1.29 is 9.52 Å². The summed E-state index contributed by atoms with van der Waals surface area (Å²) in [6.07, 6.45) is 4.71. The van der Waals surface area contributed by atoms with Crippen LogP contribution in [0.2, 0.25) is 0 Å². The standard InChI is InChI=1S/C12H17NO2/c1-9-8-10(14)11(15-9)12-4-2-6-13(12)7-3-5-12/h8,14H,2-7H2,1H3. The predicted molar refractivity (Wildman–Crippen MR) is 56.8 cm³/mol. The van der Waals surface area contributed by atoms with Gasteiger partial charge in [-0.2, -0.15) is 0 Å². The fraction of sp³-hybridized carbons (Fsp3) is 0.667. The van der Waals surface area contributed by atoms with Crippen LogP contribution in [0.5, 0.6) is 5.75 Å². The average molecular weight is 207 g/mol. The zero-order valence-corrected chi connectivity index (χ0v) is 9.12. The van der Waals surface area contributed by atoms with E-state index in [0.29, 0.717) is 5.75 Å². The highest BCUT2D eigenvalue weighted by atomic mass is 16.4. The SMILES string of the molecule is Cc1cc(O)c(C23CCCN2CCC3)o1. The van der Waals surface area contributed by atoms with Crippen LogP contribution in [0.1, 0.15) is 37.2 Å². The average Bonchev–Trinajstić information content (AvgIpc) is 2.77. The number of furan rings is 1. The molecule has 0 saturated carbocycles. The van der Waals surface area contributed by atoms with Gasteiger partial charge in [0.2, 0.25) is 0 Å². The van der Waals surface area contributed by atoms with Gasteiger partial charge in [-0.1, -0.05) is 0 Å². The van der Waals surface area contributed by atoms with Crippen LogP contribution in [0.15, 0.2) is 10.5 Å². The van der Waals surface area contributed by atoms with E-state index < -0.39 is 0 Å². The predicted octanol–water partition coefficient (Wildman–Crippen LogP) is 2.38. The molecule has 0 aliphatic carbocycles. The molecule has 1 aromatic heterocycles. The molecule has 0 aromatic carbocycles. The highest BCUT2D eigenvalue weighted by molar-refractivity contribution is 5.34. The van der Waals surface area contributed by atoms with E-state index >= 15 is 0 Å². The minimum atomic E-state index is 0.0261. The second-order valence-corrected chi connectivity index (χ2v) is 4.80. The monoisotopic (exact) mass is 207 g/mol. The number of fused-ring (bicyclic) bond motifs is 1. The van der Waals surface area contributed by atoms with Crippen molar-refractivity contribution in [1.29, 1.82) is 0 Å². The lowest BCUT2D eigenvalue weighted by atomic mass is 9.91. The summed E-state index contributed by atoms with van der Waals surface area (Å²) in [5.41, 5.74) is 0.0261. The topological polar surface area (TPSA) is 36.6 Å². The van der Waals surface area contributed by atoms with Crippen LogP contribution in [-0.2, 0) is 5.54 Å². The molecule has 2 saturated heterocycles. The Morgan fingerprint density at radius 2 is 2.00 bits per heavy atom. The summed E-state index contributed by atoms with van der Waals surface area (Å²) >= 11 is 0. The first-order valence-corrected chi connectivity index (χ1v) is 5.77. The zero-order valence-electron chi connectivity index (χ0n) is 9.12. The molecular formula is C12H17NO2. The fourth-order valence-electron chi connectivity index (χ4n) is 3.31. The molecule has 2 aliphatic rings. The summed E-state index contributed by atoms with van der Waals surface area (Å²) in [6.45, 7) is 4.20. The third-order valence-corrected chi connectivity index (χ3v) is 3.90. The maximum Gasteiger partial charge on any atom is 0.165 e. The van der Waals surface area contributed by atoms with Gasteiger partial charge >= 0.3 is 0 Å². The second-order valence-electron chi connectivity index (χ2n) is 4.80. The maximum absolute atomic E-state index is 9.91. The van der Waals surface area contributed by atoms with Crippen molar-refractivity contribution in [2.45, 2.75) is 38.1 Å². The molecular weight excluding hydrogens is 190 g/mol. The van der Waals surface area contributed by atoms with Crippen LogP contribution in [-0.4, -0.2) is 23.1 Å². The number of aromatic hydroxyl groups is 1. The molecule has 2 fully saturated rings. The molecule has 0 bridgehead atoms. The Kier molecular flexibility index (Phi) is 1.87. The Hall–Kier alpha value is -0.960. The van der Waals surface area contributed by atoms with Gasteiger partial charge in [0.25, 0.3) is 0 Å². The molecule has 82 valence electrons. The number of aryl methyl sites for hydroxylation is 1. The summed E-state index contributed by atoms with van der Waals surface area (Å²) < 4.78 is 5.71. The van der Waals surface area contributed by atoms with Crippen LogP contribution in [0.4, 0.5) is 0 Å². The molecule has 15 heavy (non-hydrogen) atoms. The molecule has 2 aliphatic heterocycles. The molecule has 1 aromatic rings. The fourth-order valence-corrected chi connectivity index (χ4v) is 3.31. The van der Waals surface area contributed by atoms with Gasteiger partial charge in [-0.25, -0.2) is 0 Å². The van der Waals surface area contributed by atoms with Gasteiger partial charge in [0.05, 0.1) is 5.54 Å². The summed E-state index contributed by atoms with van der Waals surface area (Å²) in [4.78, 5) is 2.48. The van der Waals surface area contributed by atoms with Gasteiger partial charge in [0.1, 0.15) is 5.76 Å². The third kappa shape index (κ3) is 1.16. The smallest absolute Gasteiger partial charge is 0.165 e. The molecule has 0 spiro atoms. The van der Waals surface area contributed by atoms with Crippen molar-refractivity contribution in [2.24, 2.45) is 0 Å². The Labute approximate surface area is 89.7 Å². The van der Waals surface area contributed by atoms with Crippen LogP contribution in [0.25, 0.3) is 0 Å². The lowest BCUT2D eigenvalue weighted by Gasteiger charge is -2.29. The minimum absolute atomic E-state index is 0.0261. The Balaban J connectivity index is 2.08. The van der Waals surface area contributed by atoms with Crippen molar-refractivity contribution in [3.05, 3.63) is 17.6 Å². The van der Waals surface area contributed by atoms with E-state index in [2.05, 4.69) is 4.90 Å². The van der Waals surface area contributed by atoms with Crippen LogP contribution >= 0.6 is 0 Å². The van der Waals surface area contributed by atoms with E-state index in [0.717, 1.165) is 37.5 Å². The number of rotatable bonds is 1. The summed E-state index contributed by atoms with van der Waals surface area (Å²) in [6, 6.07) is 1.74. The van der Waals surface area contributed by atoms with Crippen LogP contribution in [0.3, 0.4) is 0 Å². The van der Waals surface area contributed by atoms with E-state index in [-0.39, 0.29) is 5.54 Å². The van der Waals surface area contributed by atoms with E-state index in [1.165, 1.54) is 12.8 Å². The van der Waals surface area contributed by atoms with E-state index in [9.17, 15) is 5.11 Å². The lowest BCUT2D eigenvalue weighted by molar-refractivity contribution is 0.156. The number of hydrogen-bond donors (Lipinski definition) is 1. The van der Waals surface area contributed by atoms with Gasteiger partial charge in [0.15, 0.2) is 11.5 Å². The van der Waals surface area contributed by atoms with Gasteiger partial charge in [0, 0.05) is 6.07 Å². The number of nitrogens with zero attached hydrogens (tertiary/aromatic N) is 1. The van der Waals surface area contributed by atoms with Gasteiger partial charge in [-0.3, -0.25) is 4.90 Å². The Morgan fingerprint density at radius 3 is 2.53 bits per heavy atom. The van der Waals surface area contributed by atoms with Gasteiger partial charge in [-0.15, -0.1) is 0 Å². The summed E-state index contributed by atoms with van der Waals surface area (Å²) in [7, 11) is 0. The van der Waals surface area contributed by atoms with Crippen molar-refractivity contribution in [3.8, 4) is 5.75 Å².